The lowest BCUT2D eigenvalue weighted by atomic mass is 10.1. The van der Waals surface area contributed by atoms with E-state index in [9.17, 15) is 9.90 Å². The summed E-state index contributed by atoms with van der Waals surface area (Å²) in [5.41, 5.74) is 1.84. The van der Waals surface area contributed by atoms with E-state index in [0.717, 1.165) is 37.3 Å². The summed E-state index contributed by atoms with van der Waals surface area (Å²) in [5.74, 6) is -0.166. The summed E-state index contributed by atoms with van der Waals surface area (Å²) >= 11 is 0. The Kier molecular flexibility index (Phi) is 3.59. The maximum Gasteiger partial charge on any atom is 0.338 e. The van der Waals surface area contributed by atoms with Gasteiger partial charge >= 0.3 is 5.97 Å². The fourth-order valence-electron chi connectivity index (χ4n) is 3.03. The lowest BCUT2D eigenvalue weighted by Gasteiger charge is -2.15. The number of aromatic carboxylic acids is 1. The minimum atomic E-state index is -0.908. The van der Waals surface area contributed by atoms with Crippen LogP contribution in [0.3, 0.4) is 0 Å². The zero-order valence-corrected chi connectivity index (χ0v) is 12.3. The third-order valence-corrected chi connectivity index (χ3v) is 4.15. The second-order valence-corrected chi connectivity index (χ2v) is 5.56. The van der Waals surface area contributed by atoms with Crippen LogP contribution < -0.4 is 4.74 Å². The Labute approximate surface area is 123 Å². The van der Waals surface area contributed by atoms with Gasteiger partial charge in [-0.15, -0.1) is 0 Å². The number of likely N-dealkylation sites (tertiary alicyclic amines) is 1. The molecule has 0 aliphatic carbocycles. The molecule has 0 radical (unpaired) electrons. The normalized spacial score (nSPS) is 19.2. The van der Waals surface area contributed by atoms with Crippen molar-refractivity contribution in [2.75, 3.05) is 19.6 Å². The molecule has 3 rings (SSSR count). The molecule has 112 valence electrons. The van der Waals surface area contributed by atoms with E-state index in [1.807, 2.05) is 18.2 Å². The summed E-state index contributed by atoms with van der Waals surface area (Å²) in [4.78, 5) is 16.8. The number of H-pyrrole nitrogens is 1. The molecule has 1 fully saturated rings. The van der Waals surface area contributed by atoms with Crippen molar-refractivity contribution in [1.82, 2.24) is 9.88 Å². The van der Waals surface area contributed by atoms with Gasteiger partial charge in [0.1, 0.15) is 11.9 Å². The van der Waals surface area contributed by atoms with Crippen LogP contribution in [0.5, 0.6) is 5.75 Å². The molecule has 1 aromatic heterocycles. The van der Waals surface area contributed by atoms with Gasteiger partial charge in [-0.1, -0.05) is 6.92 Å². The molecule has 2 aromatic rings. The first-order valence-electron chi connectivity index (χ1n) is 7.33. The first-order chi connectivity index (χ1) is 10.1. The maximum absolute atomic E-state index is 11.4. The van der Waals surface area contributed by atoms with Gasteiger partial charge in [0, 0.05) is 29.7 Å². The molecule has 2 heterocycles. The summed E-state index contributed by atoms with van der Waals surface area (Å²) in [6, 6.07) is 5.62. The molecule has 0 amide bonds. The molecule has 21 heavy (non-hydrogen) atoms. The van der Waals surface area contributed by atoms with Crippen molar-refractivity contribution in [3.63, 3.8) is 0 Å². The molecular formula is C16H20N2O3. The first-order valence-corrected chi connectivity index (χ1v) is 7.33. The number of nitrogens with zero attached hydrogens (tertiary/aromatic N) is 1. The number of fused-ring (bicyclic) bond motifs is 1. The van der Waals surface area contributed by atoms with E-state index in [-0.39, 0.29) is 6.10 Å². The minimum absolute atomic E-state index is 0.190. The molecule has 5 nitrogen and oxygen atoms in total. The summed E-state index contributed by atoms with van der Waals surface area (Å²) in [6.07, 6.45) is 1.21. The van der Waals surface area contributed by atoms with E-state index >= 15 is 0 Å². The highest BCUT2D eigenvalue weighted by Crippen LogP contribution is 2.28. The quantitative estimate of drug-likeness (QED) is 0.907. The molecule has 0 bridgehead atoms. The van der Waals surface area contributed by atoms with Crippen molar-refractivity contribution in [1.29, 1.82) is 0 Å². The molecule has 1 atom stereocenters. The summed E-state index contributed by atoms with van der Waals surface area (Å²) < 4.78 is 6.01. The number of ether oxygens (including phenoxy) is 1. The van der Waals surface area contributed by atoms with Crippen LogP contribution in [0.2, 0.25) is 0 Å². The van der Waals surface area contributed by atoms with Crippen molar-refractivity contribution in [2.24, 2.45) is 0 Å². The molecule has 1 aromatic carbocycles. The number of hydrogen-bond donors (Lipinski definition) is 2. The number of hydrogen-bond acceptors (Lipinski definition) is 3. The molecule has 1 saturated heterocycles. The Morgan fingerprint density at radius 2 is 2.33 bits per heavy atom. The van der Waals surface area contributed by atoms with Gasteiger partial charge in [0.15, 0.2) is 0 Å². The number of carbonyl (C=O) groups is 1. The van der Waals surface area contributed by atoms with Gasteiger partial charge in [-0.2, -0.15) is 0 Å². The van der Waals surface area contributed by atoms with E-state index in [1.165, 1.54) is 0 Å². The Bertz CT molecular complexity index is 677. The standard InChI is InChI=1S/C16H20N2O3/c1-3-18-7-6-12(9-18)21-11-4-5-14-13(8-11)15(16(19)20)10(2)17-14/h4-5,8,12,17H,3,6-7,9H2,1-2H3,(H,19,20). The molecule has 5 heteroatoms. The SMILES string of the molecule is CCN1CCC(Oc2ccc3[nH]c(C)c(C(=O)O)c3c2)C1. The predicted octanol–water partition coefficient (Wildman–Crippen LogP) is 2.65. The Morgan fingerprint density at radius 1 is 1.52 bits per heavy atom. The third kappa shape index (κ3) is 2.61. The van der Waals surface area contributed by atoms with Crippen molar-refractivity contribution in [3.8, 4) is 5.75 Å². The molecule has 0 spiro atoms. The van der Waals surface area contributed by atoms with Crippen molar-refractivity contribution in [3.05, 3.63) is 29.5 Å². The lowest BCUT2D eigenvalue weighted by Crippen LogP contribution is -2.24. The average Bonchev–Trinajstić information content (AvgIpc) is 3.01. The molecule has 1 aliphatic heterocycles. The zero-order valence-electron chi connectivity index (χ0n) is 12.3. The third-order valence-electron chi connectivity index (χ3n) is 4.15. The number of carboxylic acids is 1. The van der Waals surface area contributed by atoms with Gasteiger partial charge < -0.3 is 14.8 Å². The van der Waals surface area contributed by atoms with E-state index in [4.69, 9.17) is 4.74 Å². The number of aromatic amines is 1. The molecule has 0 saturated carbocycles. The van der Waals surface area contributed by atoms with Crippen LogP contribution in [-0.4, -0.2) is 46.7 Å². The fraction of sp³-hybridized carbons (Fsp3) is 0.438. The topological polar surface area (TPSA) is 65.6 Å². The highest BCUT2D eigenvalue weighted by molar-refractivity contribution is 6.05. The number of benzene rings is 1. The Balaban J connectivity index is 1.87. The molecule has 2 N–H and O–H groups in total. The van der Waals surface area contributed by atoms with Crippen LogP contribution in [0.1, 0.15) is 29.4 Å². The van der Waals surface area contributed by atoms with Crippen LogP contribution in [0.25, 0.3) is 10.9 Å². The van der Waals surface area contributed by atoms with Crippen LogP contribution in [0, 0.1) is 6.92 Å². The highest BCUT2D eigenvalue weighted by Gasteiger charge is 2.23. The van der Waals surface area contributed by atoms with Crippen LogP contribution >= 0.6 is 0 Å². The van der Waals surface area contributed by atoms with Gasteiger partial charge in [0.2, 0.25) is 0 Å². The van der Waals surface area contributed by atoms with Gasteiger partial charge in [0.05, 0.1) is 5.56 Å². The molecule has 1 aliphatic rings. The number of likely N-dealkylation sites (N-methyl/N-ethyl adjacent to an activating group) is 1. The fourth-order valence-corrected chi connectivity index (χ4v) is 3.03. The monoisotopic (exact) mass is 288 g/mol. The number of aryl methyl sites for hydroxylation is 1. The number of carboxylic acid groups (broad SMARTS) is 1. The van der Waals surface area contributed by atoms with Crippen molar-refractivity contribution >= 4 is 16.9 Å². The van der Waals surface area contributed by atoms with Gasteiger partial charge in [-0.3, -0.25) is 4.90 Å². The molecule has 1 unspecified atom stereocenters. The summed E-state index contributed by atoms with van der Waals surface area (Å²) in [7, 11) is 0. The second-order valence-electron chi connectivity index (χ2n) is 5.56. The maximum atomic E-state index is 11.4. The number of rotatable bonds is 4. The summed E-state index contributed by atoms with van der Waals surface area (Å²) in [6.45, 7) is 6.97. The van der Waals surface area contributed by atoms with Crippen LogP contribution in [-0.2, 0) is 0 Å². The smallest absolute Gasteiger partial charge is 0.338 e. The Hall–Kier alpha value is -2.01. The van der Waals surface area contributed by atoms with E-state index < -0.39 is 5.97 Å². The van der Waals surface area contributed by atoms with Gasteiger partial charge in [-0.25, -0.2) is 4.79 Å². The van der Waals surface area contributed by atoms with E-state index in [2.05, 4.69) is 16.8 Å². The lowest BCUT2D eigenvalue weighted by molar-refractivity contribution is 0.0698. The minimum Gasteiger partial charge on any atom is -0.489 e. The van der Waals surface area contributed by atoms with Crippen LogP contribution in [0.4, 0.5) is 0 Å². The average molecular weight is 288 g/mol. The zero-order chi connectivity index (χ0) is 15.0. The number of nitrogens with one attached hydrogen (secondary N) is 1. The number of aromatic nitrogens is 1. The van der Waals surface area contributed by atoms with Crippen molar-refractivity contribution < 1.29 is 14.6 Å². The van der Waals surface area contributed by atoms with Crippen molar-refractivity contribution in [2.45, 2.75) is 26.4 Å². The second kappa shape index (κ2) is 5.41. The van der Waals surface area contributed by atoms with Gasteiger partial charge in [0.25, 0.3) is 0 Å². The predicted molar refractivity (Wildman–Crippen MR) is 81.1 cm³/mol. The van der Waals surface area contributed by atoms with Gasteiger partial charge in [-0.05, 0) is 38.1 Å². The first kappa shape index (κ1) is 13.9. The largest absolute Gasteiger partial charge is 0.489 e. The van der Waals surface area contributed by atoms with E-state index in [1.54, 1.807) is 6.92 Å². The highest BCUT2D eigenvalue weighted by atomic mass is 16.5. The van der Waals surface area contributed by atoms with E-state index in [0.29, 0.717) is 16.6 Å². The molecular weight excluding hydrogens is 268 g/mol. The van der Waals surface area contributed by atoms with Crippen LogP contribution in [0.15, 0.2) is 18.2 Å². The summed E-state index contributed by atoms with van der Waals surface area (Å²) in [5, 5.41) is 10.0. The Morgan fingerprint density at radius 3 is 3.00 bits per heavy atom.